The average Bonchev–Trinajstić information content (AvgIpc) is 2.32. The van der Waals surface area contributed by atoms with Crippen molar-refractivity contribution in [3.63, 3.8) is 0 Å². The molecule has 0 saturated carbocycles. The second kappa shape index (κ2) is 4.84. The van der Waals surface area contributed by atoms with E-state index >= 15 is 0 Å². The van der Waals surface area contributed by atoms with E-state index in [2.05, 4.69) is 0 Å². The standard InChI is InChI=1S/C13H15NO2S/c1-14(2)7-9-8-17-12-5-4-10(16-3)6-11(12)13(9)15/h4-7H,8H2,1-3H3/b9-7-. The van der Waals surface area contributed by atoms with Crippen molar-refractivity contribution in [2.24, 2.45) is 0 Å². The van der Waals surface area contributed by atoms with Gasteiger partial charge in [0, 0.05) is 42.1 Å². The fourth-order valence-electron chi connectivity index (χ4n) is 1.74. The number of hydrogen-bond acceptors (Lipinski definition) is 4. The molecular formula is C13H15NO2S. The summed E-state index contributed by atoms with van der Waals surface area (Å²) in [5, 5.41) is 0. The van der Waals surface area contributed by atoms with Crippen LogP contribution in [0.15, 0.2) is 34.9 Å². The Balaban J connectivity index is 2.40. The van der Waals surface area contributed by atoms with Crippen LogP contribution in [0.1, 0.15) is 10.4 Å². The molecule has 0 atom stereocenters. The topological polar surface area (TPSA) is 29.5 Å². The SMILES string of the molecule is COc1ccc2c(c1)C(=O)/C(=C\N(C)C)CS2. The molecule has 1 aliphatic rings. The Kier molecular flexibility index (Phi) is 3.43. The number of benzene rings is 1. The number of fused-ring (bicyclic) bond motifs is 1. The summed E-state index contributed by atoms with van der Waals surface area (Å²) in [5.74, 6) is 1.56. The number of methoxy groups -OCH3 is 1. The van der Waals surface area contributed by atoms with Crippen molar-refractivity contribution in [2.75, 3.05) is 27.0 Å². The molecule has 0 aliphatic carbocycles. The number of ether oxygens (including phenoxy) is 1. The fourth-order valence-corrected chi connectivity index (χ4v) is 2.73. The van der Waals surface area contributed by atoms with Gasteiger partial charge in [-0.15, -0.1) is 11.8 Å². The van der Waals surface area contributed by atoms with Crippen molar-refractivity contribution in [3.8, 4) is 5.75 Å². The van der Waals surface area contributed by atoms with E-state index in [1.807, 2.05) is 43.4 Å². The molecule has 4 heteroatoms. The first-order chi connectivity index (χ1) is 8.11. The minimum absolute atomic E-state index is 0.103. The van der Waals surface area contributed by atoms with E-state index in [-0.39, 0.29) is 5.78 Å². The third-order valence-electron chi connectivity index (χ3n) is 2.52. The zero-order valence-electron chi connectivity index (χ0n) is 10.2. The maximum Gasteiger partial charge on any atom is 0.192 e. The minimum Gasteiger partial charge on any atom is -0.497 e. The number of hydrogen-bond donors (Lipinski definition) is 0. The van der Waals surface area contributed by atoms with Crippen molar-refractivity contribution >= 4 is 17.5 Å². The number of carbonyl (C=O) groups is 1. The third kappa shape index (κ3) is 2.47. The van der Waals surface area contributed by atoms with Gasteiger partial charge in [0.05, 0.1) is 7.11 Å². The number of thioether (sulfide) groups is 1. The zero-order valence-corrected chi connectivity index (χ0v) is 11.0. The fraction of sp³-hybridized carbons (Fsp3) is 0.308. The van der Waals surface area contributed by atoms with Crippen LogP contribution in [0.3, 0.4) is 0 Å². The maximum absolute atomic E-state index is 12.3. The summed E-state index contributed by atoms with van der Waals surface area (Å²) in [7, 11) is 5.46. The quantitative estimate of drug-likeness (QED) is 0.753. The van der Waals surface area contributed by atoms with Crippen LogP contribution in [0.5, 0.6) is 5.75 Å². The number of carbonyl (C=O) groups excluding carboxylic acids is 1. The molecule has 0 aromatic heterocycles. The Morgan fingerprint density at radius 2 is 2.18 bits per heavy atom. The highest BCUT2D eigenvalue weighted by molar-refractivity contribution is 7.99. The van der Waals surface area contributed by atoms with Gasteiger partial charge in [0.15, 0.2) is 5.78 Å². The van der Waals surface area contributed by atoms with Gasteiger partial charge < -0.3 is 9.64 Å². The normalized spacial score (nSPS) is 16.9. The van der Waals surface area contributed by atoms with Crippen LogP contribution in [-0.2, 0) is 0 Å². The highest BCUT2D eigenvalue weighted by atomic mass is 32.2. The van der Waals surface area contributed by atoms with E-state index < -0.39 is 0 Å². The van der Waals surface area contributed by atoms with E-state index in [1.54, 1.807) is 18.9 Å². The lowest BCUT2D eigenvalue weighted by atomic mass is 10.0. The number of Topliss-reactive ketones (excluding diaryl/α,β-unsaturated/α-hetero) is 1. The molecule has 0 unspecified atom stereocenters. The van der Waals surface area contributed by atoms with Crippen LogP contribution in [0, 0.1) is 0 Å². The Morgan fingerprint density at radius 1 is 1.41 bits per heavy atom. The molecule has 3 nitrogen and oxygen atoms in total. The van der Waals surface area contributed by atoms with Crippen LogP contribution in [0.2, 0.25) is 0 Å². The second-order valence-corrected chi connectivity index (χ2v) is 5.12. The largest absolute Gasteiger partial charge is 0.497 e. The molecule has 90 valence electrons. The minimum atomic E-state index is 0.103. The molecule has 0 fully saturated rings. The molecular weight excluding hydrogens is 234 g/mol. The summed E-state index contributed by atoms with van der Waals surface area (Å²) in [6, 6.07) is 5.65. The lowest BCUT2D eigenvalue weighted by molar-refractivity contribution is 0.102. The third-order valence-corrected chi connectivity index (χ3v) is 3.64. The van der Waals surface area contributed by atoms with Crippen LogP contribution in [-0.4, -0.2) is 37.6 Å². The second-order valence-electron chi connectivity index (χ2n) is 4.10. The first-order valence-electron chi connectivity index (χ1n) is 5.34. The molecule has 0 saturated heterocycles. The summed E-state index contributed by atoms with van der Waals surface area (Å²) < 4.78 is 5.15. The predicted octanol–water partition coefficient (Wildman–Crippen LogP) is 2.43. The number of rotatable bonds is 2. The summed E-state index contributed by atoms with van der Waals surface area (Å²) in [6.07, 6.45) is 1.89. The van der Waals surface area contributed by atoms with Gasteiger partial charge in [-0.2, -0.15) is 0 Å². The molecule has 1 aromatic carbocycles. The Bertz CT molecular complexity index is 480. The van der Waals surface area contributed by atoms with Crippen LogP contribution < -0.4 is 4.74 Å². The van der Waals surface area contributed by atoms with E-state index in [4.69, 9.17) is 4.74 Å². The average molecular weight is 249 g/mol. The van der Waals surface area contributed by atoms with Crippen molar-refractivity contribution in [3.05, 3.63) is 35.5 Å². The highest BCUT2D eigenvalue weighted by Gasteiger charge is 2.23. The first-order valence-corrected chi connectivity index (χ1v) is 6.33. The molecule has 0 amide bonds. The highest BCUT2D eigenvalue weighted by Crippen LogP contribution is 2.34. The monoisotopic (exact) mass is 249 g/mol. The Morgan fingerprint density at radius 3 is 2.82 bits per heavy atom. The molecule has 0 bridgehead atoms. The molecule has 1 aromatic rings. The summed E-state index contributed by atoms with van der Waals surface area (Å²) in [6.45, 7) is 0. The van der Waals surface area contributed by atoms with E-state index in [0.717, 1.165) is 27.5 Å². The summed E-state index contributed by atoms with van der Waals surface area (Å²) in [4.78, 5) is 15.2. The van der Waals surface area contributed by atoms with Crippen molar-refractivity contribution in [1.29, 1.82) is 0 Å². The van der Waals surface area contributed by atoms with E-state index in [0.29, 0.717) is 0 Å². The van der Waals surface area contributed by atoms with Crippen LogP contribution >= 0.6 is 11.8 Å². The summed E-state index contributed by atoms with van der Waals surface area (Å²) in [5.41, 5.74) is 1.58. The van der Waals surface area contributed by atoms with Gasteiger partial charge in [-0.3, -0.25) is 4.79 Å². The van der Waals surface area contributed by atoms with Gasteiger partial charge in [0.25, 0.3) is 0 Å². The van der Waals surface area contributed by atoms with Gasteiger partial charge in [0.2, 0.25) is 0 Å². The van der Waals surface area contributed by atoms with Crippen molar-refractivity contribution in [2.45, 2.75) is 4.90 Å². The zero-order chi connectivity index (χ0) is 12.4. The van der Waals surface area contributed by atoms with Gasteiger partial charge >= 0.3 is 0 Å². The Labute approximate surface area is 105 Å². The number of nitrogens with zero attached hydrogens (tertiary/aromatic N) is 1. The molecule has 2 rings (SSSR count). The molecule has 1 aliphatic heterocycles. The van der Waals surface area contributed by atoms with Crippen molar-refractivity contribution < 1.29 is 9.53 Å². The lowest BCUT2D eigenvalue weighted by Crippen LogP contribution is -2.16. The van der Waals surface area contributed by atoms with Gasteiger partial charge in [-0.05, 0) is 18.2 Å². The Hall–Kier alpha value is -1.42. The first kappa shape index (κ1) is 12.0. The molecule has 0 N–H and O–H groups in total. The number of ketones is 1. The van der Waals surface area contributed by atoms with E-state index in [1.165, 1.54) is 0 Å². The van der Waals surface area contributed by atoms with E-state index in [9.17, 15) is 4.79 Å². The molecule has 0 spiro atoms. The van der Waals surface area contributed by atoms with Crippen LogP contribution in [0.4, 0.5) is 0 Å². The molecule has 17 heavy (non-hydrogen) atoms. The predicted molar refractivity (Wildman–Crippen MR) is 69.8 cm³/mol. The smallest absolute Gasteiger partial charge is 0.192 e. The van der Waals surface area contributed by atoms with Crippen LogP contribution in [0.25, 0.3) is 0 Å². The van der Waals surface area contributed by atoms with Gasteiger partial charge in [-0.1, -0.05) is 0 Å². The molecule has 0 radical (unpaired) electrons. The summed E-state index contributed by atoms with van der Waals surface area (Å²) >= 11 is 1.69. The van der Waals surface area contributed by atoms with Gasteiger partial charge in [-0.25, -0.2) is 0 Å². The lowest BCUT2D eigenvalue weighted by Gasteiger charge is -2.19. The maximum atomic E-state index is 12.3. The van der Waals surface area contributed by atoms with Gasteiger partial charge in [0.1, 0.15) is 5.75 Å². The molecule has 1 heterocycles. The van der Waals surface area contributed by atoms with Crippen molar-refractivity contribution in [1.82, 2.24) is 4.90 Å².